The normalized spacial score (nSPS) is 13.1. The van der Waals surface area contributed by atoms with Gasteiger partial charge in [-0.15, -0.1) is 0 Å². The van der Waals surface area contributed by atoms with E-state index in [0.717, 1.165) is 23.3 Å². The monoisotopic (exact) mass is 344 g/mol. The van der Waals surface area contributed by atoms with Crippen LogP contribution in [-0.2, 0) is 17.6 Å². The third-order valence-electron chi connectivity index (χ3n) is 3.88. The Bertz CT molecular complexity index is 688. The number of benzene rings is 2. The molecule has 134 valence electrons. The number of aliphatic hydroxyl groups is 1. The molecule has 0 saturated carbocycles. The van der Waals surface area contributed by atoms with Crippen molar-refractivity contribution in [3.05, 3.63) is 53.6 Å². The number of anilines is 1. The minimum absolute atomic E-state index is 0.00817. The number of ether oxygens (including phenoxy) is 1. The van der Waals surface area contributed by atoms with E-state index in [-0.39, 0.29) is 11.8 Å². The molecule has 0 bridgehead atoms. The number of phenolic OH excluding ortho intramolecular Hbond substituents is 1. The van der Waals surface area contributed by atoms with E-state index in [9.17, 15) is 15.0 Å². The second kappa shape index (κ2) is 9.05. The average Bonchev–Trinajstić information content (AvgIpc) is 2.58. The molecular weight excluding hydrogens is 320 g/mol. The lowest BCUT2D eigenvalue weighted by molar-refractivity contribution is -0.105. The molecule has 0 fully saturated rings. The third kappa shape index (κ3) is 5.77. The number of aromatic hydroxyl groups is 1. The first kappa shape index (κ1) is 18.8. The molecule has 4 N–H and O–H groups in total. The second-order valence-electron chi connectivity index (χ2n) is 5.95. The lowest BCUT2D eigenvalue weighted by Gasteiger charge is -2.20. The molecule has 0 aliphatic carbocycles. The Labute approximate surface area is 147 Å². The molecule has 6 heteroatoms. The van der Waals surface area contributed by atoms with Crippen molar-refractivity contribution in [2.45, 2.75) is 32.0 Å². The summed E-state index contributed by atoms with van der Waals surface area (Å²) in [6.45, 7) is 2.00. The summed E-state index contributed by atoms with van der Waals surface area (Å²) in [5.74, 6) is 0.808. The van der Waals surface area contributed by atoms with Crippen LogP contribution >= 0.6 is 0 Å². The van der Waals surface area contributed by atoms with Gasteiger partial charge in [-0.3, -0.25) is 10.1 Å². The van der Waals surface area contributed by atoms with Crippen LogP contribution in [0.5, 0.6) is 11.5 Å². The Morgan fingerprint density at radius 3 is 2.44 bits per heavy atom. The van der Waals surface area contributed by atoms with Crippen LogP contribution in [0, 0.1) is 0 Å². The van der Waals surface area contributed by atoms with E-state index in [2.05, 4.69) is 10.6 Å². The topological polar surface area (TPSA) is 90.8 Å². The predicted molar refractivity (Wildman–Crippen MR) is 96.8 cm³/mol. The summed E-state index contributed by atoms with van der Waals surface area (Å²) >= 11 is 0. The van der Waals surface area contributed by atoms with Gasteiger partial charge in [-0.1, -0.05) is 18.2 Å². The Hall–Kier alpha value is -2.57. The molecular formula is C19H24N2O4. The molecule has 0 aliphatic rings. The smallest absolute Gasteiger partial charge is 0.211 e. The molecule has 2 atom stereocenters. The maximum absolute atomic E-state index is 10.5. The van der Waals surface area contributed by atoms with Crippen molar-refractivity contribution in [1.82, 2.24) is 5.32 Å². The van der Waals surface area contributed by atoms with Crippen molar-refractivity contribution in [3.63, 3.8) is 0 Å². The van der Waals surface area contributed by atoms with Gasteiger partial charge in [0.15, 0.2) is 0 Å². The minimum atomic E-state index is -0.734. The summed E-state index contributed by atoms with van der Waals surface area (Å²) in [6.07, 6.45) is 0.904. The molecule has 2 rings (SSSR count). The number of nitrogens with one attached hydrogen (secondary N) is 2. The Kier molecular flexibility index (Phi) is 6.80. The van der Waals surface area contributed by atoms with Gasteiger partial charge in [-0.2, -0.15) is 0 Å². The average molecular weight is 344 g/mol. The van der Waals surface area contributed by atoms with E-state index in [0.29, 0.717) is 18.5 Å². The summed E-state index contributed by atoms with van der Waals surface area (Å²) in [5, 5.41) is 25.5. The van der Waals surface area contributed by atoms with E-state index in [4.69, 9.17) is 4.74 Å². The van der Waals surface area contributed by atoms with Crippen LogP contribution in [0.15, 0.2) is 42.5 Å². The molecule has 0 aromatic heterocycles. The van der Waals surface area contributed by atoms with Crippen LogP contribution in [0.3, 0.4) is 0 Å². The molecule has 0 spiro atoms. The molecule has 0 heterocycles. The molecule has 0 radical (unpaired) electrons. The number of hydrogen-bond donors (Lipinski definition) is 4. The number of amides is 1. The largest absolute Gasteiger partial charge is 0.506 e. The van der Waals surface area contributed by atoms with Crippen LogP contribution in [-0.4, -0.2) is 36.0 Å². The van der Waals surface area contributed by atoms with Gasteiger partial charge in [0, 0.05) is 12.5 Å². The first-order chi connectivity index (χ1) is 12.0. The Morgan fingerprint density at radius 1 is 1.12 bits per heavy atom. The third-order valence-corrected chi connectivity index (χ3v) is 3.88. The van der Waals surface area contributed by atoms with Gasteiger partial charge < -0.3 is 20.3 Å². The fourth-order valence-corrected chi connectivity index (χ4v) is 2.67. The van der Waals surface area contributed by atoms with Gasteiger partial charge in [-0.05, 0) is 48.7 Å². The number of carbonyl (C=O) groups excluding carboxylic acids is 1. The van der Waals surface area contributed by atoms with E-state index in [1.807, 2.05) is 31.2 Å². The molecule has 1 unspecified atom stereocenters. The lowest BCUT2D eigenvalue weighted by atomic mass is 10.1. The van der Waals surface area contributed by atoms with Crippen LogP contribution in [0.2, 0.25) is 0 Å². The zero-order valence-electron chi connectivity index (χ0n) is 14.4. The van der Waals surface area contributed by atoms with Crippen molar-refractivity contribution in [1.29, 1.82) is 0 Å². The van der Waals surface area contributed by atoms with Gasteiger partial charge in [0.1, 0.15) is 17.7 Å². The maximum Gasteiger partial charge on any atom is 0.211 e. The van der Waals surface area contributed by atoms with Gasteiger partial charge in [0.2, 0.25) is 6.41 Å². The van der Waals surface area contributed by atoms with Crippen molar-refractivity contribution < 1.29 is 19.7 Å². The van der Waals surface area contributed by atoms with Crippen molar-refractivity contribution >= 4 is 12.1 Å². The quantitative estimate of drug-likeness (QED) is 0.317. The van der Waals surface area contributed by atoms with Gasteiger partial charge >= 0.3 is 0 Å². The zero-order chi connectivity index (χ0) is 18.2. The molecule has 0 saturated heterocycles. The van der Waals surface area contributed by atoms with Crippen molar-refractivity contribution in [2.75, 3.05) is 12.4 Å². The lowest BCUT2D eigenvalue weighted by Crippen LogP contribution is -2.39. The number of carbonyl (C=O) groups is 1. The molecule has 6 nitrogen and oxygen atoms in total. The summed E-state index contributed by atoms with van der Waals surface area (Å²) in [7, 11) is 1.63. The van der Waals surface area contributed by atoms with Gasteiger partial charge in [0.05, 0.1) is 12.8 Å². The molecule has 0 aliphatic heterocycles. The predicted octanol–water partition coefficient (Wildman–Crippen LogP) is 2.05. The molecule has 2 aromatic rings. The van der Waals surface area contributed by atoms with Crippen molar-refractivity contribution in [3.8, 4) is 11.5 Å². The number of phenols is 1. The first-order valence-corrected chi connectivity index (χ1v) is 8.11. The summed E-state index contributed by atoms with van der Waals surface area (Å²) in [6, 6.07) is 12.8. The van der Waals surface area contributed by atoms with E-state index in [1.54, 1.807) is 19.2 Å². The van der Waals surface area contributed by atoms with Crippen LogP contribution in [0.1, 0.15) is 18.1 Å². The standard InChI is InChI=1S/C19H24N2O4/c1-13(9-14-3-6-16(25-2)7-4-14)21-19(24)11-15-5-8-18(23)17(10-15)20-12-22/h3-8,10,12-13,19,21,23-24H,9,11H2,1-2H3,(H,20,22)/t13-,19?/m1/s1. The second-order valence-corrected chi connectivity index (χ2v) is 5.95. The highest BCUT2D eigenvalue weighted by atomic mass is 16.5. The fraction of sp³-hybridized carbons (Fsp3) is 0.316. The first-order valence-electron chi connectivity index (χ1n) is 8.11. The number of hydrogen-bond acceptors (Lipinski definition) is 5. The molecule has 25 heavy (non-hydrogen) atoms. The van der Waals surface area contributed by atoms with Gasteiger partial charge in [-0.25, -0.2) is 0 Å². The SMILES string of the molecule is COc1ccc(C[C@@H](C)NC(O)Cc2ccc(O)c(NC=O)c2)cc1. The van der Waals surface area contributed by atoms with E-state index >= 15 is 0 Å². The van der Waals surface area contributed by atoms with E-state index in [1.165, 1.54) is 6.07 Å². The number of rotatable bonds is 9. The maximum atomic E-state index is 10.5. The Balaban J connectivity index is 1.89. The summed E-state index contributed by atoms with van der Waals surface area (Å²) in [4.78, 5) is 10.5. The van der Waals surface area contributed by atoms with Crippen LogP contribution in [0.25, 0.3) is 0 Å². The fourth-order valence-electron chi connectivity index (χ4n) is 2.67. The van der Waals surface area contributed by atoms with E-state index < -0.39 is 6.23 Å². The number of methoxy groups -OCH3 is 1. The van der Waals surface area contributed by atoms with Crippen molar-refractivity contribution in [2.24, 2.45) is 0 Å². The molecule has 2 aromatic carbocycles. The highest BCUT2D eigenvalue weighted by Crippen LogP contribution is 2.24. The highest BCUT2D eigenvalue weighted by Gasteiger charge is 2.12. The van der Waals surface area contributed by atoms with Gasteiger partial charge in [0.25, 0.3) is 0 Å². The minimum Gasteiger partial charge on any atom is -0.506 e. The van der Waals surface area contributed by atoms with Crippen LogP contribution < -0.4 is 15.4 Å². The zero-order valence-corrected chi connectivity index (χ0v) is 14.4. The summed E-state index contributed by atoms with van der Waals surface area (Å²) in [5.41, 5.74) is 2.28. The number of aliphatic hydroxyl groups excluding tert-OH is 1. The van der Waals surface area contributed by atoms with Crippen LogP contribution in [0.4, 0.5) is 5.69 Å². The summed E-state index contributed by atoms with van der Waals surface area (Å²) < 4.78 is 5.14. The highest BCUT2D eigenvalue weighted by molar-refractivity contribution is 5.75. The molecule has 1 amide bonds. The Morgan fingerprint density at radius 2 is 1.80 bits per heavy atom.